The van der Waals surface area contributed by atoms with E-state index in [1.807, 2.05) is 6.92 Å². The summed E-state index contributed by atoms with van der Waals surface area (Å²) in [4.78, 5) is 30.5. The number of hydrogen-bond donors (Lipinski definition) is 2. The van der Waals surface area contributed by atoms with Gasteiger partial charge in [0.2, 0.25) is 17.8 Å². The van der Waals surface area contributed by atoms with Gasteiger partial charge in [0.25, 0.3) is 10.0 Å². The van der Waals surface area contributed by atoms with Gasteiger partial charge in [0.1, 0.15) is 0 Å². The zero-order valence-corrected chi connectivity index (χ0v) is 17.9. The van der Waals surface area contributed by atoms with E-state index in [1.54, 1.807) is 50.1 Å². The molecule has 0 radical (unpaired) electrons. The molecule has 0 unspecified atom stereocenters. The summed E-state index contributed by atoms with van der Waals surface area (Å²) in [5.41, 5.74) is 3.13. The van der Waals surface area contributed by atoms with Crippen molar-refractivity contribution in [2.45, 2.75) is 17.0 Å². The first-order valence-electron chi connectivity index (χ1n) is 8.19. The zero-order chi connectivity index (χ0) is 20.9. The molecule has 0 bridgehead atoms. The van der Waals surface area contributed by atoms with Crippen molar-refractivity contribution in [1.82, 2.24) is 25.2 Å². The molecule has 1 heterocycles. The quantitative estimate of drug-likeness (QED) is 0.458. The molecule has 0 aliphatic carbocycles. The van der Waals surface area contributed by atoms with Crippen LogP contribution in [-0.2, 0) is 14.8 Å². The number of sulfonamides is 1. The summed E-state index contributed by atoms with van der Waals surface area (Å²) in [6, 6.07) is 6.29. The lowest BCUT2D eigenvalue weighted by Gasteiger charge is -2.15. The van der Waals surface area contributed by atoms with E-state index < -0.39 is 15.9 Å². The number of thioether (sulfide) groups is 1. The van der Waals surface area contributed by atoms with Crippen molar-refractivity contribution in [2.24, 2.45) is 0 Å². The predicted molar refractivity (Wildman–Crippen MR) is 109 cm³/mol. The average Bonchev–Trinajstić information content (AvgIpc) is 2.64. The van der Waals surface area contributed by atoms with Crippen LogP contribution in [0.2, 0.25) is 0 Å². The third kappa shape index (κ3) is 6.04. The summed E-state index contributed by atoms with van der Waals surface area (Å²) < 4.78 is 24.4. The molecule has 0 aliphatic heterocycles. The van der Waals surface area contributed by atoms with Crippen LogP contribution in [0, 0.1) is 6.92 Å². The Balaban J connectivity index is 1.98. The number of carbonyl (C=O) groups is 1. The molecule has 0 fully saturated rings. The Bertz CT molecular complexity index is 906. The van der Waals surface area contributed by atoms with Gasteiger partial charge in [0.15, 0.2) is 5.16 Å². The number of carbonyl (C=O) groups excluding carboxylic acids is 1. The molecule has 0 aliphatic rings. The number of nitrogens with zero attached hydrogens (tertiary/aromatic N) is 5. The summed E-state index contributed by atoms with van der Waals surface area (Å²) in [5, 5.41) is 0.360. The molecule has 2 aromatic rings. The van der Waals surface area contributed by atoms with Crippen molar-refractivity contribution < 1.29 is 13.2 Å². The van der Waals surface area contributed by atoms with Crippen LogP contribution in [-0.4, -0.2) is 63.2 Å². The summed E-state index contributed by atoms with van der Waals surface area (Å²) in [7, 11) is 3.37. The molecule has 0 saturated carbocycles. The fraction of sp³-hybridized carbons (Fsp3) is 0.375. The third-order valence-electron chi connectivity index (χ3n) is 3.38. The van der Waals surface area contributed by atoms with Gasteiger partial charge >= 0.3 is 0 Å². The summed E-state index contributed by atoms with van der Waals surface area (Å²) in [5.74, 6) is 0.322. The van der Waals surface area contributed by atoms with E-state index in [9.17, 15) is 13.2 Å². The van der Waals surface area contributed by atoms with Crippen molar-refractivity contribution in [2.75, 3.05) is 43.7 Å². The lowest BCUT2D eigenvalue weighted by Crippen LogP contribution is -2.42. The minimum Gasteiger partial charge on any atom is -0.347 e. The lowest BCUT2D eigenvalue weighted by atomic mass is 10.2. The Kier molecular flexibility index (Phi) is 7.16. The minimum absolute atomic E-state index is 0.0646. The molecule has 2 rings (SSSR count). The summed E-state index contributed by atoms with van der Waals surface area (Å²) in [6.07, 6.45) is 0. The van der Waals surface area contributed by atoms with Crippen molar-refractivity contribution in [1.29, 1.82) is 0 Å². The van der Waals surface area contributed by atoms with E-state index in [1.165, 1.54) is 12.1 Å². The van der Waals surface area contributed by atoms with E-state index in [2.05, 4.69) is 25.2 Å². The first-order chi connectivity index (χ1) is 13.1. The standard InChI is InChI=1S/C16H23N7O3S2/c1-11-6-8-12(9-7-11)28(25,26)21-20-13(24)10-27-16-18-14(22(2)3)17-15(19-16)23(4)5/h6-9,21H,10H2,1-5H3,(H,20,24). The zero-order valence-electron chi connectivity index (χ0n) is 16.3. The predicted octanol–water partition coefficient (Wildman–Crippen LogP) is 0.414. The van der Waals surface area contributed by atoms with Crippen molar-refractivity contribution in [3.05, 3.63) is 29.8 Å². The Labute approximate surface area is 168 Å². The van der Waals surface area contributed by atoms with Gasteiger partial charge in [-0.2, -0.15) is 15.0 Å². The third-order valence-corrected chi connectivity index (χ3v) is 5.49. The van der Waals surface area contributed by atoms with Crippen LogP contribution in [0.1, 0.15) is 5.56 Å². The second-order valence-electron chi connectivity index (χ2n) is 6.26. The SMILES string of the molecule is Cc1ccc(S(=O)(=O)NNC(=O)CSc2nc(N(C)C)nc(N(C)C)n2)cc1. The fourth-order valence-corrected chi connectivity index (χ4v) is 3.35. The van der Waals surface area contributed by atoms with E-state index in [0.29, 0.717) is 17.1 Å². The Morgan fingerprint density at radius 2 is 1.54 bits per heavy atom. The van der Waals surface area contributed by atoms with E-state index in [4.69, 9.17) is 0 Å². The van der Waals surface area contributed by atoms with Gasteiger partial charge in [-0.25, -0.2) is 8.42 Å². The van der Waals surface area contributed by atoms with Gasteiger partial charge in [-0.05, 0) is 19.1 Å². The molecule has 1 aromatic carbocycles. The second kappa shape index (κ2) is 9.17. The summed E-state index contributed by atoms with van der Waals surface area (Å²) in [6.45, 7) is 1.85. The molecule has 10 nitrogen and oxygen atoms in total. The molecular formula is C16H23N7O3S2. The minimum atomic E-state index is -3.84. The molecule has 2 N–H and O–H groups in total. The molecule has 0 spiro atoms. The fourth-order valence-electron chi connectivity index (χ4n) is 1.87. The normalized spacial score (nSPS) is 11.2. The van der Waals surface area contributed by atoms with Crippen molar-refractivity contribution in [3.63, 3.8) is 0 Å². The van der Waals surface area contributed by atoms with Gasteiger partial charge in [-0.3, -0.25) is 10.2 Å². The van der Waals surface area contributed by atoms with Gasteiger partial charge < -0.3 is 9.80 Å². The maximum Gasteiger partial charge on any atom is 0.257 e. The van der Waals surface area contributed by atoms with Gasteiger partial charge in [0, 0.05) is 28.2 Å². The van der Waals surface area contributed by atoms with E-state index >= 15 is 0 Å². The number of hydrazine groups is 1. The monoisotopic (exact) mass is 425 g/mol. The number of aromatic nitrogens is 3. The van der Waals surface area contributed by atoms with Gasteiger partial charge in [-0.15, -0.1) is 4.83 Å². The molecule has 1 aromatic heterocycles. The van der Waals surface area contributed by atoms with Crippen LogP contribution in [0.5, 0.6) is 0 Å². The number of nitrogens with one attached hydrogen (secondary N) is 2. The Morgan fingerprint density at radius 3 is 2.04 bits per heavy atom. The molecule has 28 heavy (non-hydrogen) atoms. The van der Waals surface area contributed by atoms with Crippen LogP contribution in [0.3, 0.4) is 0 Å². The van der Waals surface area contributed by atoms with Crippen LogP contribution in [0.15, 0.2) is 34.3 Å². The van der Waals surface area contributed by atoms with E-state index in [0.717, 1.165) is 17.3 Å². The van der Waals surface area contributed by atoms with Crippen LogP contribution in [0.25, 0.3) is 0 Å². The van der Waals surface area contributed by atoms with Crippen molar-refractivity contribution in [3.8, 4) is 0 Å². The number of benzene rings is 1. The van der Waals surface area contributed by atoms with Crippen molar-refractivity contribution >= 4 is 39.6 Å². The number of anilines is 2. The molecule has 12 heteroatoms. The highest BCUT2D eigenvalue weighted by Crippen LogP contribution is 2.18. The largest absolute Gasteiger partial charge is 0.347 e. The maximum absolute atomic E-state index is 12.2. The van der Waals surface area contributed by atoms with Crippen LogP contribution < -0.4 is 20.1 Å². The topological polar surface area (TPSA) is 120 Å². The number of hydrogen-bond acceptors (Lipinski definition) is 9. The smallest absolute Gasteiger partial charge is 0.257 e. The number of amides is 1. The molecular weight excluding hydrogens is 402 g/mol. The lowest BCUT2D eigenvalue weighted by molar-refractivity contribution is -0.119. The molecule has 0 atom stereocenters. The highest BCUT2D eigenvalue weighted by atomic mass is 32.2. The first kappa shape index (κ1) is 21.9. The maximum atomic E-state index is 12.2. The van der Waals surface area contributed by atoms with E-state index in [-0.39, 0.29) is 10.6 Å². The molecule has 0 saturated heterocycles. The van der Waals surface area contributed by atoms with Crippen LogP contribution in [0.4, 0.5) is 11.9 Å². The Hall–Kier alpha value is -2.44. The Morgan fingerprint density at radius 1 is 1.00 bits per heavy atom. The average molecular weight is 426 g/mol. The number of rotatable bonds is 8. The second-order valence-corrected chi connectivity index (χ2v) is 8.89. The van der Waals surface area contributed by atoms with Gasteiger partial charge in [0.05, 0.1) is 10.6 Å². The highest BCUT2D eigenvalue weighted by molar-refractivity contribution is 7.99. The molecule has 1 amide bonds. The highest BCUT2D eigenvalue weighted by Gasteiger charge is 2.16. The molecule has 152 valence electrons. The summed E-state index contributed by atoms with van der Waals surface area (Å²) >= 11 is 1.08. The first-order valence-corrected chi connectivity index (χ1v) is 10.7. The van der Waals surface area contributed by atoms with Gasteiger partial charge in [-0.1, -0.05) is 29.5 Å². The van der Waals surface area contributed by atoms with Crippen LogP contribution >= 0.6 is 11.8 Å². The number of aryl methyl sites for hydroxylation is 1.